The van der Waals surface area contributed by atoms with E-state index in [1.54, 1.807) is 13.8 Å². The number of rotatable bonds is 4. The zero-order valence-corrected chi connectivity index (χ0v) is 12.6. The molecular weight excluding hydrogens is 280 g/mol. The third-order valence-corrected chi connectivity index (χ3v) is 5.80. The van der Waals surface area contributed by atoms with Crippen LogP contribution in [0.25, 0.3) is 0 Å². The molecule has 0 aliphatic carbocycles. The van der Waals surface area contributed by atoms with Crippen molar-refractivity contribution in [2.75, 3.05) is 13.1 Å². The summed E-state index contributed by atoms with van der Waals surface area (Å²) >= 11 is 0. The molecule has 2 heterocycles. The summed E-state index contributed by atoms with van der Waals surface area (Å²) < 4.78 is 28.3. The van der Waals surface area contributed by atoms with E-state index in [1.807, 2.05) is 0 Å². The van der Waals surface area contributed by atoms with Crippen LogP contribution >= 0.6 is 0 Å². The fourth-order valence-electron chi connectivity index (χ4n) is 2.71. The van der Waals surface area contributed by atoms with Crippen LogP contribution in [0.3, 0.4) is 0 Å². The lowest BCUT2D eigenvalue weighted by molar-refractivity contribution is 0.0685. The molecule has 0 radical (unpaired) electrons. The first-order valence-corrected chi connectivity index (χ1v) is 8.27. The van der Waals surface area contributed by atoms with Gasteiger partial charge < -0.3 is 9.67 Å². The average Bonchev–Trinajstić information content (AvgIpc) is 2.77. The number of piperidine rings is 1. The standard InChI is InChI=1S/C13H20N2O4S/c1-3-15-10(2)12(9-11(15)13(16)17)20(18,19)14-7-5-4-6-8-14/h9H,3-8H2,1-2H3,(H,16,17). The Morgan fingerprint density at radius 3 is 2.35 bits per heavy atom. The van der Waals surface area contributed by atoms with Crippen LogP contribution in [0.5, 0.6) is 0 Å². The molecule has 0 atom stereocenters. The second kappa shape index (κ2) is 5.57. The number of carboxylic acid groups (broad SMARTS) is 1. The van der Waals surface area contributed by atoms with E-state index in [9.17, 15) is 18.3 Å². The number of aromatic carboxylic acids is 1. The molecule has 0 unspecified atom stereocenters. The summed E-state index contributed by atoms with van der Waals surface area (Å²) in [5.74, 6) is -1.10. The molecule has 1 aliphatic rings. The van der Waals surface area contributed by atoms with Crippen LogP contribution in [0.1, 0.15) is 42.4 Å². The highest BCUT2D eigenvalue weighted by atomic mass is 32.2. The first-order chi connectivity index (χ1) is 9.39. The van der Waals surface area contributed by atoms with Gasteiger partial charge in [0.25, 0.3) is 0 Å². The summed E-state index contributed by atoms with van der Waals surface area (Å²) in [6.45, 7) is 4.93. The monoisotopic (exact) mass is 300 g/mol. The Kier molecular flexibility index (Phi) is 4.19. The number of sulfonamides is 1. The molecule has 6 nitrogen and oxygen atoms in total. The minimum absolute atomic E-state index is 0.0283. The van der Waals surface area contributed by atoms with Gasteiger partial charge in [-0.1, -0.05) is 6.42 Å². The Morgan fingerprint density at radius 2 is 1.90 bits per heavy atom. The van der Waals surface area contributed by atoms with Crippen molar-refractivity contribution in [1.82, 2.24) is 8.87 Å². The average molecular weight is 300 g/mol. The minimum atomic E-state index is -3.59. The molecule has 1 aliphatic heterocycles. The van der Waals surface area contributed by atoms with Gasteiger partial charge in [0.1, 0.15) is 10.6 Å². The fourth-order valence-corrected chi connectivity index (χ4v) is 4.47. The first-order valence-electron chi connectivity index (χ1n) is 6.83. The zero-order chi connectivity index (χ0) is 14.9. The normalized spacial score (nSPS) is 17.3. The highest BCUT2D eigenvalue weighted by molar-refractivity contribution is 7.89. The van der Waals surface area contributed by atoms with Crippen molar-refractivity contribution in [1.29, 1.82) is 0 Å². The molecule has 1 aromatic heterocycles. The highest BCUT2D eigenvalue weighted by Crippen LogP contribution is 2.26. The second-order valence-electron chi connectivity index (χ2n) is 4.99. The van der Waals surface area contributed by atoms with Gasteiger partial charge in [0.2, 0.25) is 10.0 Å². The van der Waals surface area contributed by atoms with Gasteiger partial charge in [0.05, 0.1) is 0 Å². The summed E-state index contributed by atoms with van der Waals surface area (Å²) in [6.07, 6.45) is 2.76. The van der Waals surface area contributed by atoms with Crippen LogP contribution < -0.4 is 0 Å². The lowest BCUT2D eigenvalue weighted by Gasteiger charge is -2.25. The maximum absolute atomic E-state index is 12.6. The lowest BCUT2D eigenvalue weighted by Crippen LogP contribution is -2.35. The lowest BCUT2D eigenvalue weighted by atomic mass is 10.2. The van der Waals surface area contributed by atoms with E-state index in [4.69, 9.17) is 0 Å². The Labute approximate surface area is 119 Å². The molecule has 7 heteroatoms. The topological polar surface area (TPSA) is 79.6 Å². The quantitative estimate of drug-likeness (QED) is 0.917. The molecule has 0 aromatic carbocycles. The Bertz CT molecular complexity index is 613. The molecule has 1 N–H and O–H groups in total. The van der Waals surface area contributed by atoms with Crippen molar-refractivity contribution in [2.45, 2.75) is 44.6 Å². The second-order valence-corrected chi connectivity index (χ2v) is 6.90. The predicted octanol–water partition coefficient (Wildman–Crippen LogP) is 1.69. The largest absolute Gasteiger partial charge is 0.477 e. The number of carbonyl (C=O) groups is 1. The van der Waals surface area contributed by atoms with Crippen molar-refractivity contribution in [3.8, 4) is 0 Å². The minimum Gasteiger partial charge on any atom is -0.477 e. The summed E-state index contributed by atoms with van der Waals surface area (Å²) in [5, 5.41) is 9.18. The molecule has 0 bridgehead atoms. The molecule has 1 fully saturated rings. The van der Waals surface area contributed by atoms with Crippen molar-refractivity contribution >= 4 is 16.0 Å². The first kappa shape index (κ1) is 15.1. The molecule has 1 aromatic rings. The summed E-state index contributed by atoms with van der Waals surface area (Å²) in [5.41, 5.74) is 0.524. The van der Waals surface area contributed by atoms with E-state index in [0.29, 0.717) is 25.3 Å². The third-order valence-electron chi connectivity index (χ3n) is 3.79. The van der Waals surface area contributed by atoms with Gasteiger partial charge in [0, 0.05) is 25.3 Å². The van der Waals surface area contributed by atoms with Gasteiger partial charge >= 0.3 is 5.97 Å². The van der Waals surface area contributed by atoms with Gasteiger partial charge in [-0.25, -0.2) is 13.2 Å². The van der Waals surface area contributed by atoms with Crippen LogP contribution in [0, 0.1) is 6.92 Å². The molecule has 0 saturated carbocycles. The van der Waals surface area contributed by atoms with E-state index in [1.165, 1.54) is 14.9 Å². The fraction of sp³-hybridized carbons (Fsp3) is 0.615. The Morgan fingerprint density at radius 1 is 1.30 bits per heavy atom. The smallest absolute Gasteiger partial charge is 0.352 e. The van der Waals surface area contributed by atoms with Crippen molar-refractivity contribution in [3.05, 3.63) is 17.5 Å². The van der Waals surface area contributed by atoms with Crippen LogP contribution in [0.2, 0.25) is 0 Å². The molecule has 1 saturated heterocycles. The van der Waals surface area contributed by atoms with Gasteiger partial charge in [-0.2, -0.15) is 4.31 Å². The number of aromatic nitrogens is 1. The number of hydrogen-bond acceptors (Lipinski definition) is 3. The molecular formula is C13H20N2O4S. The number of hydrogen-bond donors (Lipinski definition) is 1. The van der Waals surface area contributed by atoms with Crippen molar-refractivity contribution in [3.63, 3.8) is 0 Å². The maximum Gasteiger partial charge on any atom is 0.352 e. The van der Waals surface area contributed by atoms with Crippen molar-refractivity contribution in [2.24, 2.45) is 0 Å². The molecule has 112 valence electrons. The van der Waals surface area contributed by atoms with Crippen LogP contribution in [-0.4, -0.2) is 41.5 Å². The maximum atomic E-state index is 12.6. The van der Waals surface area contributed by atoms with E-state index in [0.717, 1.165) is 19.3 Å². The predicted molar refractivity (Wildman–Crippen MR) is 74.4 cm³/mol. The van der Waals surface area contributed by atoms with Crippen LogP contribution in [-0.2, 0) is 16.6 Å². The van der Waals surface area contributed by atoms with E-state index < -0.39 is 16.0 Å². The zero-order valence-electron chi connectivity index (χ0n) is 11.8. The SMILES string of the molecule is CCn1c(C(=O)O)cc(S(=O)(=O)N2CCCCC2)c1C. The Hall–Kier alpha value is -1.34. The molecule has 0 spiro atoms. The van der Waals surface area contributed by atoms with Gasteiger partial charge in [-0.15, -0.1) is 0 Å². The summed E-state index contributed by atoms with van der Waals surface area (Å²) in [6, 6.07) is 1.28. The van der Waals surface area contributed by atoms with Crippen LogP contribution in [0.15, 0.2) is 11.0 Å². The van der Waals surface area contributed by atoms with E-state index in [-0.39, 0.29) is 10.6 Å². The van der Waals surface area contributed by atoms with Crippen LogP contribution in [0.4, 0.5) is 0 Å². The molecule has 0 amide bonds. The van der Waals surface area contributed by atoms with E-state index >= 15 is 0 Å². The Balaban J connectivity index is 2.49. The number of carboxylic acids is 1. The molecule has 2 rings (SSSR count). The van der Waals surface area contributed by atoms with Gasteiger partial charge in [0.15, 0.2) is 0 Å². The molecule has 20 heavy (non-hydrogen) atoms. The highest BCUT2D eigenvalue weighted by Gasteiger charge is 2.31. The van der Waals surface area contributed by atoms with Crippen molar-refractivity contribution < 1.29 is 18.3 Å². The summed E-state index contributed by atoms with van der Waals surface area (Å²) in [4.78, 5) is 11.3. The third kappa shape index (κ3) is 2.47. The van der Waals surface area contributed by atoms with Gasteiger partial charge in [-0.05, 0) is 32.8 Å². The van der Waals surface area contributed by atoms with E-state index in [2.05, 4.69) is 0 Å². The summed E-state index contributed by atoms with van der Waals surface area (Å²) in [7, 11) is -3.59. The van der Waals surface area contributed by atoms with Gasteiger partial charge in [-0.3, -0.25) is 0 Å². The number of nitrogens with zero attached hydrogens (tertiary/aromatic N) is 2.